The number of piperidine rings is 1. The summed E-state index contributed by atoms with van der Waals surface area (Å²) in [7, 11) is 0. The van der Waals surface area contributed by atoms with E-state index >= 15 is 0 Å². The smallest absolute Gasteiger partial charge is 0.410 e. The van der Waals surface area contributed by atoms with E-state index in [9.17, 15) is 9.59 Å². The summed E-state index contributed by atoms with van der Waals surface area (Å²) in [6, 6.07) is 8.12. The summed E-state index contributed by atoms with van der Waals surface area (Å²) in [5.74, 6) is 1.50. The summed E-state index contributed by atoms with van der Waals surface area (Å²) in [6.07, 6.45) is 5.46. The molecule has 2 saturated heterocycles. The van der Waals surface area contributed by atoms with Crippen molar-refractivity contribution >= 4 is 23.4 Å². The van der Waals surface area contributed by atoms with E-state index in [-0.39, 0.29) is 30.2 Å². The number of carbonyl (C=O) groups is 2. The van der Waals surface area contributed by atoms with Gasteiger partial charge in [0.1, 0.15) is 24.4 Å². The highest BCUT2D eigenvalue weighted by Crippen LogP contribution is 2.35. The summed E-state index contributed by atoms with van der Waals surface area (Å²) >= 11 is 0. The van der Waals surface area contributed by atoms with Crippen molar-refractivity contribution in [3.05, 3.63) is 41.7 Å². The number of ether oxygens (including phenoxy) is 3. The van der Waals surface area contributed by atoms with E-state index in [1.165, 1.54) is 11.9 Å². The molecule has 1 amide bonds. The minimum absolute atomic E-state index is 0.00865. The first-order valence-corrected chi connectivity index (χ1v) is 12.9. The van der Waals surface area contributed by atoms with Crippen molar-refractivity contribution in [2.75, 3.05) is 31.1 Å². The number of hydrogen-bond acceptors (Lipinski definition) is 8. The van der Waals surface area contributed by atoms with Gasteiger partial charge in [-0.25, -0.2) is 14.8 Å². The lowest BCUT2D eigenvalue weighted by atomic mass is 10.0. The van der Waals surface area contributed by atoms with E-state index in [0.717, 1.165) is 55.7 Å². The molecule has 2 fully saturated rings. The Morgan fingerprint density at radius 2 is 1.94 bits per heavy atom. The Kier molecular flexibility index (Phi) is 7.36. The second-order valence-corrected chi connectivity index (χ2v) is 9.96. The zero-order chi connectivity index (χ0) is 25.1. The Morgan fingerprint density at radius 3 is 2.69 bits per heavy atom. The fourth-order valence-electron chi connectivity index (χ4n) is 5.09. The number of fused-ring (bicyclic) bond motifs is 1. The van der Waals surface area contributed by atoms with Gasteiger partial charge < -0.3 is 24.0 Å². The Bertz CT molecular complexity index is 1090. The van der Waals surface area contributed by atoms with Gasteiger partial charge in [-0.15, -0.1) is 0 Å². The van der Waals surface area contributed by atoms with Crippen molar-refractivity contribution in [3.63, 3.8) is 0 Å². The first kappa shape index (κ1) is 24.5. The second-order valence-electron chi connectivity index (χ2n) is 9.96. The molecule has 1 aromatic carbocycles. The maximum atomic E-state index is 12.5. The van der Waals surface area contributed by atoms with Gasteiger partial charge in [0.15, 0.2) is 5.78 Å². The Morgan fingerprint density at radius 1 is 1.11 bits per heavy atom. The standard InChI is InChI=1S/C27H34N4O5/c1-18(2)35-27(33)30-10-8-21(9-11-30)36-26-16-25(28-17-29-26)31-12-7-20-14-19(5-6-22(20)31)15-23(32)24-4-3-13-34-24/h5-6,14,16-18,21,24H,3-4,7-13,15H2,1-2H3. The highest BCUT2D eigenvalue weighted by molar-refractivity contribution is 5.85. The number of amides is 1. The van der Waals surface area contributed by atoms with Crippen LogP contribution in [0.15, 0.2) is 30.6 Å². The minimum atomic E-state index is -0.264. The molecule has 192 valence electrons. The number of carbonyl (C=O) groups excluding carboxylic acids is 2. The number of anilines is 2. The van der Waals surface area contributed by atoms with Gasteiger partial charge >= 0.3 is 6.09 Å². The Labute approximate surface area is 211 Å². The molecule has 4 heterocycles. The monoisotopic (exact) mass is 494 g/mol. The van der Waals surface area contributed by atoms with Gasteiger partial charge in [0, 0.05) is 57.3 Å². The maximum absolute atomic E-state index is 12.5. The summed E-state index contributed by atoms with van der Waals surface area (Å²) < 4.78 is 17.0. The van der Waals surface area contributed by atoms with Gasteiger partial charge in [-0.3, -0.25) is 4.79 Å². The van der Waals surface area contributed by atoms with E-state index in [0.29, 0.717) is 32.0 Å². The molecule has 0 spiro atoms. The van der Waals surface area contributed by atoms with Crippen LogP contribution in [0.3, 0.4) is 0 Å². The fourth-order valence-corrected chi connectivity index (χ4v) is 5.09. The van der Waals surface area contributed by atoms with E-state index in [4.69, 9.17) is 14.2 Å². The topological polar surface area (TPSA) is 94.1 Å². The molecule has 0 bridgehead atoms. The van der Waals surface area contributed by atoms with Crippen LogP contribution >= 0.6 is 0 Å². The van der Waals surface area contributed by atoms with Crippen molar-refractivity contribution in [3.8, 4) is 5.88 Å². The van der Waals surface area contributed by atoms with Crippen LogP contribution in [0.4, 0.5) is 16.3 Å². The molecule has 1 aromatic heterocycles. The van der Waals surface area contributed by atoms with Gasteiger partial charge in [-0.2, -0.15) is 0 Å². The molecule has 0 saturated carbocycles. The van der Waals surface area contributed by atoms with Crippen molar-refractivity contribution in [2.24, 2.45) is 0 Å². The van der Waals surface area contributed by atoms with Gasteiger partial charge in [-0.1, -0.05) is 12.1 Å². The van der Waals surface area contributed by atoms with Gasteiger partial charge in [0.25, 0.3) is 0 Å². The van der Waals surface area contributed by atoms with Crippen LogP contribution in [0, 0.1) is 0 Å². The Hall–Kier alpha value is -3.20. The molecule has 0 aliphatic carbocycles. The molecule has 0 N–H and O–H groups in total. The molecule has 3 aliphatic rings. The van der Waals surface area contributed by atoms with Gasteiger partial charge in [0.05, 0.1) is 6.10 Å². The van der Waals surface area contributed by atoms with Crippen LogP contribution < -0.4 is 9.64 Å². The van der Waals surface area contributed by atoms with Crippen molar-refractivity contribution in [2.45, 2.75) is 70.7 Å². The van der Waals surface area contributed by atoms with Crippen LogP contribution in [0.1, 0.15) is 50.7 Å². The summed E-state index contributed by atoms with van der Waals surface area (Å²) in [6.45, 7) is 6.41. The van der Waals surface area contributed by atoms with Crippen LogP contribution in [0.25, 0.3) is 0 Å². The Balaban J connectivity index is 1.19. The van der Waals surface area contributed by atoms with Crippen LogP contribution in [0.2, 0.25) is 0 Å². The van der Waals surface area contributed by atoms with E-state index in [1.807, 2.05) is 26.0 Å². The van der Waals surface area contributed by atoms with E-state index in [1.54, 1.807) is 4.90 Å². The lowest BCUT2D eigenvalue weighted by molar-refractivity contribution is -0.127. The van der Waals surface area contributed by atoms with E-state index in [2.05, 4.69) is 27.0 Å². The minimum Gasteiger partial charge on any atom is -0.474 e. The first-order valence-electron chi connectivity index (χ1n) is 12.9. The summed E-state index contributed by atoms with van der Waals surface area (Å²) in [5, 5.41) is 0. The SMILES string of the molecule is CC(C)OC(=O)N1CCC(Oc2cc(N3CCc4cc(CC(=O)C5CCCO5)ccc43)ncn2)CC1. The third kappa shape index (κ3) is 5.61. The number of likely N-dealkylation sites (tertiary alicyclic amines) is 1. The van der Waals surface area contributed by atoms with Crippen LogP contribution in [-0.4, -0.2) is 71.3 Å². The predicted octanol–water partition coefficient (Wildman–Crippen LogP) is 3.85. The molecule has 1 atom stereocenters. The van der Waals surface area contributed by atoms with Crippen molar-refractivity contribution in [1.82, 2.24) is 14.9 Å². The molecular formula is C27H34N4O5. The molecule has 1 unspecified atom stereocenters. The fraction of sp³-hybridized carbons (Fsp3) is 0.556. The average Bonchev–Trinajstić information content (AvgIpc) is 3.55. The molecular weight excluding hydrogens is 460 g/mol. The van der Waals surface area contributed by atoms with Gasteiger partial charge in [0.2, 0.25) is 5.88 Å². The van der Waals surface area contributed by atoms with E-state index < -0.39 is 0 Å². The van der Waals surface area contributed by atoms with Crippen LogP contribution in [-0.2, 0) is 27.1 Å². The highest BCUT2D eigenvalue weighted by atomic mass is 16.6. The molecule has 9 heteroatoms. The third-order valence-electron chi connectivity index (χ3n) is 6.93. The van der Waals surface area contributed by atoms with Crippen molar-refractivity contribution < 1.29 is 23.8 Å². The summed E-state index contributed by atoms with van der Waals surface area (Å²) in [5.41, 5.74) is 3.35. The summed E-state index contributed by atoms with van der Waals surface area (Å²) in [4.78, 5) is 37.3. The molecule has 2 aromatic rings. The van der Waals surface area contributed by atoms with Gasteiger partial charge in [-0.05, 0) is 50.3 Å². The number of hydrogen-bond donors (Lipinski definition) is 0. The largest absolute Gasteiger partial charge is 0.474 e. The first-order chi connectivity index (χ1) is 17.5. The third-order valence-corrected chi connectivity index (χ3v) is 6.93. The normalized spacial score (nSPS) is 20.0. The second kappa shape index (κ2) is 10.8. The zero-order valence-electron chi connectivity index (χ0n) is 21.0. The molecule has 5 rings (SSSR count). The maximum Gasteiger partial charge on any atom is 0.410 e. The number of benzene rings is 1. The number of rotatable bonds is 7. The number of Topliss-reactive ketones (excluding diaryl/α,β-unsaturated/α-hetero) is 1. The predicted molar refractivity (Wildman–Crippen MR) is 134 cm³/mol. The van der Waals surface area contributed by atoms with Crippen LogP contribution in [0.5, 0.6) is 5.88 Å². The van der Waals surface area contributed by atoms with Crippen molar-refractivity contribution in [1.29, 1.82) is 0 Å². The molecule has 9 nitrogen and oxygen atoms in total. The molecule has 36 heavy (non-hydrogen) atoms. The number of aromatic nitrogens is 2. The molecule has 3 aliphatic heterocycles. The lowest BCUT2D eigenvalue weighted by Crippen LogP contribution is -2.42. The number of nitrogens with zero attached hydrogens (tertiary/aromatic N) is 4. The lowest BCUT2D eigenvalue weighted by Gasteiger charge is -2.31. The zero-order valence-corrected chi connectivity index (χ0v) is 21.0. The highest BCUT2D eigenvalue weighted by Gasteiger charge is 2.28. The molecule has 0 radical (unpaired) electrons. The average molecular weight is 495 g/mol. The number of ketones is 1. The quantitative estimate of drug-likeness (QED) is 0.573.